The van der Waals surface area contributed by atoms with Crippen LogP contribution in [0.1, 0.15) is 30.0 Å². The van der Waals surface area contributed by atoms with Crippen LogP contribution in [-0.4, -0.2) is 42.0 Å². The third kappa shape index (κ3) is 4.53. The van der Waals surface area contributed by atoms with E-state index in [4.69, 9.17) is 0 Å². The molecule has 0 aromatic carbocycles. The molecule has 0 unspecified atom stereocenters. The first-order valence-electron chi connectivity index (χ1n) is 6.11. The maximum Gasteiger partial charge on any atom is 0.269 e. The Hall–Kier alpha value is -1.42. The van der Waals surface area contributed by atoms with Crippen LogP contribution >= 0.6 is 0 Å². The topological polar surface area (TPSA) is 45.2 Å². The monoisotopic (exact) mass is 235 g/mol. The van der Waals surface area contributed by atoms with Crippen LogP contribution in [0.25, 0.3) is 0 Å². The summed E-state index contributed by atoms with van der Waals surface area (Å²) < 4.78 is 0. The van der Waals surface area contributed by atoms with Gasteiger partial charge in [-0.2, -0.15) is 0 Å². The predicted molar refractivity (Wildman–Crippen MR) is 69.1 cm³/mol. The Morgan fingerprint density at radius 1 is 1.35 bits per heavy atom. The van der Waals surface area contributed by atoms with Crippen molar-refractivity contribution >= 4 is 5.91 Å². The van der Waals surface area contributed by atoms with E-state index in [0.717, 1.165) is 25.3 Å². The minimum Gasteiger partial charge on any atom is -0.349 e. The number of pyridine rings is 1. The molecule has 94 valence electrons. The van der Waals surface area contributed by atoms with Crippen molar-refractivity contribution in [1.29, 1.82) is 0 Å². The van der Waals surface area contributed by atoms with Crippen LogP contribution in [0.4, 0.5) is 0 Å². The van der Waals surface area contributed by atoms with Gasteiger partial charge in [0.2, 0.25) is 0 Å². The number of rotatable bonds is 6. The molecule has 1 amide bonds. The van der Waals surface area contributed by atoms with Gasteiger partial charge in [-0.25, -0.2) is 4.98 Å². The first-order valence-corrected chi connectivity index (χ1v) is 6.11. The van der Waals surface area contributed by atoms with Gasteiger partial charge in [0, 0.05) is 18.8 Å². The lowest BCUT2D eigenvalue weighted by molar-refractivity contribution is 0.0943. The summed E-state index contributed by atoms with van der Waals surface area (Å²) in [6.45, 7) is 9.68. The molecule has 4 heteroatoms. The van der Waals surface area contributed by atoms with E-state index in [1.807, 2.05) is 19.1 Å². The Labute approximate surface area is 103 Å². The minimum absolute atomic E-state index is 0.0964. The van der Waals surface area contributed by atoms with Crippen LogP contribution in [0.3, 0.4) is 0 Å². The summed E-state index contributed by atoms with van der Waals surface area (Å²) in [6, 6.07) is 5.47. The zero-order valence-corrected chi connectivity index (χ0v) is 10.9. The Bertz CT molecular complexity index is 361. The predicted octanol–water partition coefficient (Wildman–Crippen LogP) is 1.46. The molecule has 1 aromatic heterocycles. The molecule has 0 aliphatic rings. The second kappa shape index (κ2) is 7.01. The molecule has 0 fully saturated rings. The average molecular weight is 235 g/mol. The van der Waals surface area contributed by atoms with Crippen molar-refractivity contribution in [2.45, 2.75) is 20.8 Å². The molecule has 1 heterocycles. The van der Waals surface area contributed by atoms with Crippen molar-refractivity contribution in [2.24, 2.45) is 0 Å². The molecule has 0 saturated heterocycles. The van der Waals surface area contributed by atoms with E-state index in [9.17, 15) is 4.79 Å². The highest BCUT2D eigenvalue weighted by Gasteiger charge is 2.06. The summed E-state index contributed by atoms with van der Waals surface area (Å²) in [5, 5.41) is 2.88. The SMILES string of the molecule is CCN(CC)CCNC(=O)c1cccc(C)n1. The summed E-state index contributed by atoms with van der Waals surface area (Å²) in [5.74, 6) is -0.0964. The fraction of sp³-hybridized carbons (Fsp3) is 0.538. The molecule has 0 aliphatic carbocycles. The molecular weight excluding hydrogens is 214 g/mol. The van der Waals surface area contributed by atoms with Crippen LogP contribution in [0, 0.1) is 6.92 Å². The number of aryl methyl sites for hydroxylation is 1. The number of likely N-dealkylation sites (N-methyl/N-ethyl adjacent to an activating group) is 1. The van der Waals surface area contributed by atoms with E-state index in [1.165, 1.54) is 0 Å². The lowest BCUT2D eigenvalue weighted by atomic mass is 10.3. The normalized spacial score (nSPS) is 10.6. The van der Waals surface area contributed by atoms with Gasteiger partial charge in [-0.05, 0) is 32.1 Å². The smallest absolute Gasteiger partial charge is 0.269 e. The molecular formula is C13H21N3O. The summed E-state index contributed by atoms with van der Waals surface area (Å²) in [4.78, 5) is 18.2. The fourth-order valence-corrected chi connectivity index (χ4v) is 1.63. The maximum atomic E-state index is 11.8. The molecule has 0 aliphatic heterocycles. The van der Waals surface area contributed by atoms with Gasteiger partial charge in [0.05, 0.1) is 0 Å². The van der Waals surface area contributed by atoms with E-state index in [2.05, 4.69) is 29.0 Å². The summed E-state index contributed by atoms with van der Waals surface area (Å²) in [7, 11) is 0. The summed E-state index contributed by atoms with van der Waals surface area (Å²) in [5.41, 5.74) is 1.35. The molecule has 17 heavy (non-hydrogen) atoms. The third-order valence-corrected chi connectivity index (χ3v) is 2.73. The summed E-state index contributed by atoms with van der Waals surface area (Å²) in [6.07, 6.45) is 0. The van der Waals surface area contributed by atoms with E-state index < -0.39 is 0 Å². The number of hydrogen-bond acceptors (Lipinski definition) is 3. The molecule has 1 aromatic rings. The van der Waals surface area contributed by atoms with Crippen LogP contribution in [0.15, 0.2) is 18.2 Å². The Morgan fingerprint density at radius 2 is 2.06 bits per heavy atom. The number of carbonyl (C=O) groups excluding carboxylic acids is 1. The van der Waals surface area contributed by atoms with Crippen molar-refractivity contribution in [3.63, 3.8) is 0 Å². The molecule has 1 N–H and O–H groups in total. The fourth-order valence-electron chi connectivity index (χ4n) is 1.63. The first-order chi connectivity index (χ1) is 8.17. The van der Waals surface area contributed by atoms with Crippen molar-refractivity contribution in [3.8, 4) is 0 Å². The van der Waals surface area contributed by atoms with Gasteiger partial charge in [-0.15, -0.1) is 0 Å². The van der Waals surface area contributed by atoms with E-state index in [1.54, 1.807) is 6.07 Å². The van der Waals surface area contributed by atoms with Crippen LogP contribution in [0.2, 0.25) is 0 Å². The highest BCUT2D eigenvalue weighted by atomic mass is 16.1. The molecule has 1 rings (SSSR count). The molecule has 0 saturated carbocycles. The molecule has 0 spiro atoms. The number of aromatic nitrogens is 1. The number of amides is 1. The van der Waals surface area contributed by atoms with Crippen LogP contribution in [0.5, 0.6) is 0 Å². The van der Waals surface area contributed by atoms with Crippen molar-refractivity contribution in [3.05, 3.63) is 29.6 Å². The van der Waals surface area contributed by atoms with Gasteiger partial charge >= 0.3 is 0 Å². The number of carbonyl (C=O) groups is 1. The van der Waals surface area contributed by atoms with Gasteiger partial charge in [0.25, 0.3) is 5.91 Å². The molecule has 0 bridgehead atoms. The highest BCUT2D eigenvalue weighted by Crippen LogP contribution is 1.97. The largest absolute Gasteiger partial charge is 0.349 e. The second-order valence-electron chi connectivity index (χ2n) is 3.95. The number of nitrogens with zero attached hydrogens (tertiary/aromatic N) is 2. The molecule has 4 nitrogen and oxygen atoms in total. The Balaban J connectivity index is 2.40. The summed E-state index contributed by atoms with van der Waals surface area (Å²) >= 11 is 0. The average Bonchev–Trinajstić information content (AvgIpc) is 2.34. The number of hydrogen-bond donors (Lipinski definition) is 1. The van der Waals surface area contributed by atoms with Crippen LogP contribution in [-0.2, 0) is 0 Å². The molecule has 0 radical (unpaired) electrons. The van der Waals surface area contributed by atoms with Gasteiger partial charge in [-0.1, -0.05) is 19.9 Å². The quantitative estimate of drug-likeness (QED) is 0.812. The van der Waals surface area contributed by atoms with Gasteiger partial charge < -0.3 is 10.2 Å². The molecule has 0 atom stereocenters. The van der Waals surface area contributed by atoms with E-state index >= 15 is 0 Å². The maximum absolute atomic E-state index is 11.8. The zero-order valence-electron chi connectivity index (χ0n) is 10.9. The lowest BCUT2D eigenvalue weighted by Gasteiger charge is -2.17. The van der Waals surface area contributed by atoms with Gasteiger partial charge in [-0.3, -0.25) is 4.79 Å². The van der Waals surface area contributed by atoms with Crippen molar-refractivity contribution in [1.82, 2.24) is 15.2 Å². The Morgan fingerprint density at radius 3 is 2.65 bits per heavy atom. The highest BCUT2D eigenvalue weighted by molar-refractivity contribution is 5.92. The Kier molecular flexibility index (Phi) is 5.63. The zero-order chi connectivity index (χ0) is 12.7. The van der Waals surface area contributed by atoms with E-state index in [-0.39, 0.29) is 5.91 Å². The van der Waals surface area contributed by atoms with Crippen molar-refractivity contribution in [2.75, 3.05) is 26.2 Å². The minimum atomic E-state index is -0.0964. The first kappa shape index (κ1) is 13.6. The van der Waals surface area contributed by atoms with E-state index in [0.29, 0.717) is 12.2 Å². The van der Waals surface area contributed by atoms with Crippen LogP contribution < -0.4 is 5.32 Å². The lowest BCUT2D eigenvalue weighted by Crippen LogP contribution is -2.35. The van der Waals surface area contributed by atoms with Gasteiger partial charge in [0.15, 0.2) is 0 Å². The van der Waals surface area contributed by atoms with Crippen molar-refractivity contribution < 1.29 is 4.79 Å². The van der Waals surface area contributed by atoms with Gasteiger partial charge in [0.1, 0.15) is 5.69 Å². The standard InChI is InChI=1S/C13H21N3O/c1-4-16(5-2)10-9-14-13(17)12-8-6-7-11(3)15-12/h6-8H,4-5,9-10H2,1-3H3,(H,14,17). The number of nitrogens with one attached hydrogen (secondary N) is 1. The second-order valence-corrected chi connectivity index (χ2v) is 3.95. The third-order valence-electron chi connectivity index (χ3n) is 2.73.